The fraction of sp³-hybridized carbons (Fsp3) is 0.714. The highest BCUT2D eigenvalue weighted by Crippen LogP contribution is 2.61. The number of hydrogen-bond donors (Lipinski definition) is 0. The Kier molecular flexibility index (Phi) is 4.22. The van der Waals surface area contributed by atoms with Crippen molar-refractivity contribution in [2.75, 3.05) is 13.2 Å². The minimum absolute atomic E-state index is 0.0349. The number of rotatable bonds is 2. The summed E-state index contributed by atoms with van der Waals surface area (Å²) < 4.78 is 14.5. The number of ether oxygens (including phenoxy) is 2. The maximum absolute atomic E-state index is 6.04. The molecule has 0 bridgehead atoms. The molecule has 6 heteroatoms. The quantitative estimate of drug-likeness (QED) is 0.771. The third-order valence-corrected chi connectivity index (χ3v) is 7.66. The van der Waals surface area contributed by atoms with Crippen molar-refractivity contribution in [2.24, 2.45) is 5.41 Å². The summed E-state index contributed by atoms with van der Waals surface area (Å²) >= 11 is 1.85. The van der Waals surface area contributed by atoms with Crippen LogP contribution in [0.1, 0.15) is 68.9 Å². The zero-order valence-electron chi connectivity index (χ0n) is 16.4. The summed E-state index contributed by atoms with van der Waals surface area (Å²) in [4.78, 5) is 1.41. The average molecular weight is 388 g/mol. The van der Waals surface area contributed by atoms with E-state index in [-0.39, 0.29) is 10.8 Å². The normalized spacial score (nSPS) is 26.0. The summed E-state index contributed by atoms with van der Waals surface area (Å²) in [6.07, 6.45) is 8.20. The Balaban J connectivity index is 1.50. The molecule has 0 amide bonds. The van der Waals surface area contributed by atoms with Gasteiger partial charge in [0.25, 0.3) is 0 Å². The standard InChI is InChI=1S/C21H29N3O2S/c1-19(2)25-14-20(15-26-19)12-21(13-20,16-8-7-11-27-16)18-23-22-17-9-5-3-4-6-10-24(17)18/h7-8,11H,3-6,9-10,12-15H2,1-2H3. The summed E-state index contributed by atoms with van der Waals surface area (Å²) in [6, 6.07) is 4.44. The highest BCUT2D eigenvalue weighted by atomic mass is 32.1. The monoisotopic (exact) mass is 387 g/mol. The van der Waals surface area contributed by atoms with Crippen LogP contribution in [-0.4, -0.2) is 33.8 Å². The molecular weight excluding hydrogens is 358 g/mol. The molecule has 5 rings (SSSR count). The van der Waals surface area contributed by atoms with Gasteiger partial charge in [-0.05, 0) is 51.0 Å². The zero-order chi connectivity index (χ0) is 18.5. The van der Waals surface area contributed by atoms with E-state index in [2.05, 4.69) is 27.2 Å². The number of thiophene rings is 1. The van der Waals surface area contributed by atoms with Gasteiger partial charge in [-0.25, -0.2) is 0 Å². The minimum Gasteiger partial charge on any atom is -0.350 e. The number of aryl methyl sites for hydroxylation is 1. The fourth-order valence-electron chi connectivity index (χ4n) is 5.18. The topological polar surface area (TPSA) is 49.2 Å². The van der Waals surface area contributed by atoms with Crippen molar-refractivity contribution in [1.82, 2.24) is 14.8 Å². The molecule has 27 heavy (non-hydrogen) atoms. The maximum Gasteiger partial charge on any atom is 0.162 e. The lowest BCUT2D eigenvalue weighted by Gasteiger charge is -2.58. The number of aromatic nitrogens is 3. The van der Waals surface area contributed by atoms with Crippen LogP contribution in [0.2, 0.25) is 0 Å². The highest BCUT2D eigenvalue weighted by Gasteiger charge is 2.61. The van der Waals surface area contributed by atoms with E-state index in [0.29, 0.717) is 0 Å². The molecule has 3 aliphatic rings. The average Bonchev–Trinajstić information content (AvgIpc) is 3.24. The van der Waals surface area contributed by atoms with Gasteiger partial charge in [-0.3, -0.25) is 0 Å². The Labute approximate surface area is 165 Å². The first kappa shape index (κ1) is 17.8. The lowest BCUT2D eigenvalue weighted by molar-refractivity contribution is -0.304. The molecule has 4 heterocycles. The molecule has 1 saturated carbocycles. The lowest BCUT2D eigenvalue weighted by atomic mass is 9.52. The van der Waals surface area contributed by atoms with E-state index in [1.165, 1.54) is 42.2 Å². The Bertz CT molecular complexity index is 794. The van der Waals surface area contributed by atoms with Crippen LogP contribution < -0.4 is 0 Å². The van der Waals surface area contributed by atoms with Crippen LogP contribution in [-0.2, 0) is 27.9 Å². The molecular formula is C21H29N3O2S. The summed E-state index contributed by atoms with van der Waals surface area (Å²) in [5.41, 5.74) is 0.0698. The van der Waals surface area contributed by atoms with Crippen LogP contribution in [0.4, 0.5) is 0 Å². The van der Waals surface area contributed by atoms with E-state index in [4.69, 9.17) is 14.6 Å². The van der Waals surface area contributed by atoms with Crippen molar-refractivity contribution < 1.29 is 9.47 Å². The molecule has 0 unspecified atom stereocenters. The first-order valence-corrected chi connectivity index (χ1v) is 11.1. The molecule has 0 aromatic carbocycles. The van der Waals surface area contributed by atoms with E-state index < -0.39 is 5.79 Å². The smallest absolute Gasteiger partial charge is 0.162 e. The van der Waals surface area contributed by atoms with Crippen LogP contribution in [0.5, 0.6) is 0 Å². The third kappa shape index (κ3) is 2.97. The highest BCUT2D eigenvalue weighted by molar-refractivity contribution is 7.10. The number of hydrogen-bond acceptors (Lipinski definition) is 5. The second-order valence-electron chi connectivity index (χ2n) is 9.15. The van der Waals surface area contributed by atoms with Gasteiger partial charge in [-0.2, -0.15) is 0 Å². The van der Waals surface area contributed by atoms with Crippen molar-refractivity contribution in [1.29, 1.82) is 0 Å². The number of nitrogens with zero attached hydrogens (tertiary/aromatic N) is 3. The maximum atomic E-state index is 6.04. The molecule has 146 valence electrons. The molecule has 5 nitrogen and oxygen atoms in total. The van der Waals surface area contributed by atoms with Crippen molar-refractivity contribution in [2.45, 2.75) is 76.5 Å². The largest absolute Gasteiger partial charge is 0.350 e. The summed E-state index contributed by atoms with van der Waals surface area (Å²) in [5, 5.41) is 11.6. The molecule has 0 atom stereocenters. The SMILES string of the molecule is CC1(C)OCC2(CO1)CC(c1cccs1)(c1nnc3n1CCCCCC3)C2. The third-order valence-electron chi connectivity index (χ3n) is 6.59. The van der Waals surface area contributed by atoms with Crippen LogP contribution in [0.15, 0.2) is 17.5 Å². The Morgan fingerprint density at radius 2 is 1.81 bits per heavy atom. The van der Waals surface area contributed by atoms with Gasteiger partial charge in [0.2, 0.25) is 0 Å². The van der Waals surface area contributed by atoms with Crippen molar-refractivity contribution in [3.8, 4) is 0 Å². The van der Waals surface area contributed by atoms with Gasteiger partial charge in [0.1, 0.15) is 11.6 Å². The van der Waals surface area contributed by atoms with E-state index in [1.54, 1.807) is 0 Å². The van der Waals surface area contributed by atoms with E-state index in [9.17, 15) is 0 Å². The predicted octanol–water partition coefficient (Wildman–Crippen LogP) is 4.31. The van der Waals surface area contributed by atoms with Gasteiger partial charge >= 0.3 is 0 Å². The molecule has 0 radical (unpaired) electrons. The van der Waals surface area contributed by atoms with E-state index >= 15 is 0 Å². The Morgan fingerprint density at radius 1 is 1.04 bits per heavy atom. The molecule has 2 aromatic rings. The van der Waals surface area contributed by atoms with Gasteiger partial charge in [0.05, 0.1) is 18.6 Å². The van der Waals surface area contributed by atoms with E-state index in [0.717, 1.165) is 39.0 Å². The molecule has 2 aromatic heterocycles. The van der Waals surface area contributed by atoms with Crippen LogP contribution in [0, 0.1) is 5.41 Å². The molecule has 2 fully saturated rings. The molecule has 1 saturated heterocycles. The Hall–Kier alpha value is -1.24. The van der Waals surface area contributed by atoms with Crippen LogP contribution >= 0.6 is 11.3 Å². The zero-order valence-corrected chi connectivity index (χ0v) is 17.2. The molecule has 0 N–H and O–H groups in total. The molecule has 2 aliphatic heterocycles. The van der Waals surface area contributed by atoms with Gasteiger partial charge in [0.15, 0.2) is 5.79 Å². The van der Waals surface area contributed by atoms with Crippen molar-refractivity contribution >= 4 is 11.3 Å². The second kappa shape index (κ2) is 6.39. The summed E-state index contributed by atoms with van der Waals surface area (Å²) in [5.74, 6) is 1.90. The molecule has 1 spiro atoms. The van der Waals surface area contributed by atoms with E-state index in [1.807, 2.05) is 25.2 Å². The van der Waals surface area contributed by atoms with Crippen molar-refractivity contribution in [3.63, 3.8) is 0 Å². The van der Waals surface area contributed by atoms with Crippen LogP contribution in [0.25, 0.3) is 0 Å². The fourth-order valence-corrected chi connectivity index (χ4v) is 6.10. The minimum atomic E-state index is -0.462. The van der Waals surface area contributed by atoms with Crippen LogP contribution in [0.3, 0.4) is 0 Å². The predicted molar refractivity (Wildman–Crippen MR) is 105 cm³/mol. The van der Waals surface area contributed by atoms with Gasteiger partial charge in [-0.1, -0.05) is 18.9 Å². The Morgan fingerprint density at radius 3 is 2.56 bits per heavy atom. The number of fused-ring (bicyclic) bond motifs is 1. The summed E-state index contributed by atoms with van der Waals surface area (Å²) in [6.45, 7) is 6.61. The van der Waals surface area contributed by atoms with Crippen molar-refractivity contribution in [3.05, 3.63) is 34.0 Å². The first-order chi connectivity index (χ1) is 13.0. The second-order valence-corrected chi connectivity index (χ2v) is 10.1. The van der Waals surface area contributed by atoms with Gasteiger partial charge < -0.3 is 14.0 Å². The van der Waals surface area contributed by atoms with Gasteiger partial charge in [0, 0.05) is 23.3 Å². The molecule has 1 aliphatic carbocycles. The lowest BCUT2D eigenvalue weighted by Crippen LogP contribution is -2.60. The van der Waals surface area contributed by atoms with Gasteiger partial charge in [-0.15, -0.1) is 21.5 Å². The first-order valence-electron chi connectivity index (χ1n) is 10.3. The summed E-state index contributed by atoms with van der Waals surface area (Å²) in [7, 11) is 0.